The first-order valence-electron chi connectivity index (χ1n) is 6.95. The Morgan fingerprint density at radius 1 is 1.23 bits per heavy atom. The molecule has 0 saturated carbocycles. The molecule has 1 amide bonds. The predicted molar refractivity (Wildman–Crippen MR) is 87.9 cm³/mol. The Morgan fingerprint density at radius 2 is 1.77 bits per heavy atom. The molecule has 1 saturated heterocycles. The highest BCUT2D eigenvalue weighted by atomic mass is 35.5. The fourth-order valence-electron chi connectivity index (χ4n) is 2.47. The molecule has 1 aromatic carbocycles. The van der Waals surface area contributed by atoms with Crippen molar-refractivity contribution < 1.29 is 13.2 Å². The molecule has 1 aromatic rings. The topological polar surface area (TPSA) is 66.5 Å². The first-order valence-corrected chi connectivity index (χ1v) is 9.55. The predicted octanol–water partition coefficient (Wildman–Crippen LogP) is 2.39. The molecule has 22 heavy (non-hydrogen) atoms. The van der Waals surface area contributed by atoms with E-state index >= 15 is 0 Å². The number of nitrogens with zero attached hydrogens (tertiary/aromatic N) is 1. The lowest BCUT2D eigenvalue weighted by atomic mass is 9.98. The summed E-state index contributed by atoms with van der Waals surface area (Å²) in [6.07, 6.45) is 2.70. The van der Waals surface area contributed by atoms with E-state index < -0.39 is 10.0 Å². The van der Waals surface area contributed by atoms with Crippen molar-refractivity contribution >= 4 is 39.1 Å². The van der Waals surface area contributed by atoms with E-state index in [-0.39, 0.29) is 11.8 Å². The van der Waals surface area contributed by atoms with Gasteiger partial charge in [0.05, 0.1) is 6.26 Å². The van der Waals surface area contributed by atoms with Crippen molar-refractivity contribution in [2.45, 2.75) is 12.8 Å². The van der Waals surface area contributed by atoms with Crippen LogP contribution >= 0.6 is 23.2 Å². The van der Waals surface area contributed by atoms with Crippen LogP contribution in [0.15, 0.2) is 18.2 Å². The number of carbonyl (C=O) groups is 1. The van der Waals surface area contributed by atoms with Crippen LogP contribution in [0.1, 0.15) is 23.2 Å². The second kappa shape index (κ2) is 7.17. The van der Waals surface area contributed by atoms with Gasteiger partial charge in [0.15, 0.2) is 0 Å². The Morgan fingerprint density at radius 3 is 2.27 bits per heavy atom. The number of carbonyl (C=O) groups excluding carboxylic acids is 1. The number of hydrogen-bond acceptors (Lipinski definition) is 3. The summed E-state index contributed by atoms with van der Waals surface area (Å²) < 4.78 is 24.4. The van der Waals surface area contributed by atoms with Gasteiger partial charge in [-0.1, -0.05) is 23.2 Å². The fourth-order valence-corrected chi connectivity index (χ4v) is 3.87. The van der Waals surface area contributed by atoms with Crippen LogP contribution in [0.2, 0.25) is 10.0 Å². The second-order valence-corrected chi connectivity index (χ2v) is 8.33. The van der Waals surface area contributed by atoms with Crippen molar-refractivity contribution in [2.75, 3.05) is 25.9 Å². The molecule has 1 N–H and O–H groups in total. The van der Waals surface area contributed by atoms with E-state index in [1.807, 2.05) is 0 Å². The molecule has 5 nitrogen and oxygen atoms in total. The lowest BCUT2D eigenvalue weighted by molar-refractivity contribution is 0.0941. The maximum Gasteiger partial charge on any atom is 0.251 e. The van der Waals surface area contributed by atoms with Crippen LogP contribution < -0.4 is 5.32 Å². The Kier molecular flexibility index (Phi) is 5.71. The van der Waals surface area contributed by atoms with E-state index in [2.05, 4.69) is 5.32 Å². The number of hydrogen-bond donors (Lipinski definition) is 1. The largest absolute Gasteiger partial charge is 0.352 e. The van der Waals surface area contributed by atoms with Gasteiger partial charge >= 0.3 is 0 Å². The highest BCUT2D eigenvalue weighted by molar-refractivity contribution is 7.88. The summed E-state index contributed by atoms with van der Waals surface area (Å²) in [4.78, 5) is 12.1. The van der Waals surface area contributed by atoms with Crippen LogP contribution in [0.25, 0.3) is 0 Å². The average Bonchev–Trinajstić information content (AvgIpc) is 2.43. The number of amides is 1. The zero-order valence-corrected chi connectivity index (χ0v) is 14.5. The minimum atomic E-state index is -3.12. The van der Waals surface area contributed by atoms with Gasteiger partial charge in [-0.3, -0.25) is 4.79 Å². The van der Waals surface area contributed by atoms with E-state index in [1.165, 1.54) is 10.6 Å². The number of sulfonamides is 1. The quantitative estimate of drug-likeness (QED) is 0.891. The summed E-state index contributed by atoms with van der Waals surface area (Å²) >= 11 is 11.7. The number of piperidine rings is 1. The molecule has 0 atom stereocenters. The fraction of sp³-hybridized carbons (Fsp3) is 0.500. The summed E-state index contributed by atoms with van der Waals surface area (Å²) in [5.74, 6) is 0.0477. The van der Waals surface area contributed by atoms with Crippen LogP contribution in [-0.4, -0.2) is 44.5 Å². The molecular weight excluding hydrogens is 347 g/mol. The molecule has 0 aliphatic carbocycles. The lowest BCUT2D eigenvalue weighted by Gasteiger charge is -2.30. The van der Waals surface area contributed by atoms with Gasteiger partial charge in [0, 0.05) is 35.2 Å². The van der Waals surface area contributed by atoms with E-state index in [0.717, 1.165) is 12.8 Å². The smallest absolute Gasteiger partial charge is 0.251 e. The molecule has 2 rings (SSSR count). The van der Waals surface area contributed by atoms with Crippen molar-refractivity contribution in [3.05, 3.63) is 33.8 Å². The highest BCUT2D eigenvalue weighted by Gasteiger charge is 2.25. The lowest BCUT2D eigenvalue weighted by Crippen LogP contribution is -2.41. The van der Waals surface area contributed by atoms with Gasteiger partial charge in [-0.05, 0) is 37.0 Å². The van der Waals surface area contributed by atoms with E-state index in [9.17, 15) is 13.2 Å². The molecule has 0 unspecified atom stereocenters. The zero-order chi connectivity index (χ0) is 16.3. The van der Waals surface area contributed by atoms with Gasteiger partial charge in [0.2, 0.25) is 10.0 Å². The van der Waals surface area contributed by atoms with Gasteiger partial charge in [0.1, 0.15) is 0 Å². The number of rotatable bonds is 4. The normalized spacial score (nSPS) is 17.4. The van der Waals surface area contributed by atoms with E-state index in [4.69, 9.17) is 23.2 Å². The molecule has 1 aliphatic heterocycles. The third-order valence-electron chi connectivity index (χ3n) is 3.72. The monoisotopic (exact) mass is 364 g/mol. The van der Waals surface area contributed by atoms with Crippen molar-refractivity contribution in [3.63, 3.8) is 0 Å². The van der Waals surface area contributed by atoms with Gasteiger partial charge in [-0.15, -0.1) is 0 Å². The standard InChI is InChI=1S/C14H18Cl2N2O3S/c1-22(20,21)18-4-2-10(3-5-18)9-17-14(19)11-6-12(15)8-13(16)7-11/h6-8,10H,2-5,9H2,1H3,(H,17,19). The maximum atomic E-state index is 12.1. The second-order valence-electron chi connectivity index (χ2n) is 5.47. The van der Waals surface area contributed by atoms with E-state index in [1.54, 1.807) is 18.2 Å². The van der Waals surface area contributed by atoms with Crippen molar-refractivity contribution in [1.29, 1.82) is 0 Å². The summed E-state index contributed by atoms with van der Waals surface area (Å²) in [6.45, 7) is 1.52. The van der Waals surface area contributed by atoms with Crippen LogP contribution in [-0.2, 0) is 10.0 Å². The van der Waals surface area contributed by atoms with Gasteiger partial charge in [-0.2, -0.15) is 0 Å². The number of nitrogens with one attached hydrogen (secondary N) is 1. The van der Waals surface area contributed by atoms with Crippen LogP contribution in [0.3, 0.4) is 0 Å². The molecule has 1 fully saturated rings. The number of halogens is 2. The van der Waals surface area contributed by atoms with Crippen molar-refractivity contribution in [3.8, 4) is 0 Å². The van der Waals surface area contributed by atoms with E-state index in [0.29, 0.717) is 35.2 Å². The SMILES string of the molecule is CS(=O)(=O)N1CCC(CNC(=O)c2cc(Cl)cc(Cl)c2)CC1. The maximum absolute atomic E-state index is 12.1. The summed E-state index contributed by atoms with van der Waals surface area (Å²) in [6, 6.07) is 4.70. The third-order valence-corrected chi connectivity index (χ3v) is 5.46. The van der Waals surface area contributed by atoms with Crippen LogP contribution in [0, 0.1) is 5.92 Å². The average molecular weight is 365 g/mol. The summed E-state index contributed by atoms with van der Waals surface area (Å²) in [5.41, 5.74) is 0.422. The minimum absolute atomic E-state index is 0.227. The van der Waals surface area contributed by atoms with Crippen molar-refractivity contribution in [2.24, 2.45) is 5.92 Å². The zero-order valence-electron chi connectivity index (χ0n) is 12.2. The van der Waals surface area contributed by atoms with Gasteiger partial charge in [0.25, 0.3) is 5.91 Å². The van der Waals surface area contributed by atoms with Crippen LogP contribution in [0.5, 0.6) is 0 Å². The summed E-state index contributed by atoms with van der Waals surface area (Å²) in [7, 11) is -3.12. The molecule has 1 heterocycles. The molecule has 0 aromatic heterocycles. The molecule has 1 aliphatic rings. The Balaban J connectivity index is 1.85. The third kappa shape index (κ3) is 4.84. The highest BCUT2D eigenvalue weighted by Crippen LogP contribution is 2.20. The molecule has 8 heteroatoms. The first-order chi connectivity index (χ1) is 10.3. The molecule has 0 bridgehead atoms. The molecular formula is C14H18Cl2N2O3S. The molecule has 0 spiro atoms. The van der Waals surface area contributed by atoms with Gasteiger partial charge < -0.3 is 5.32 Å². The number of benzene rings is 1. The Hall–Kier alpha value is -0.820. The molecule has 0 radical (unpaired) electrons. The van der Waals surface area contributed by atoms with Gasteiger partial charge in [-0.25, -0.2) is 12.7 Å². The minimum Gasteiger partial charge on any atom is -0.352 e. The van der Waals surface area contributed by atoms with Crippen molar-refractivity contribution in [1.82, 2.24) is 9.62 Å². The summed E-state index contributed by atoms with van der Waals surface area (Å²) in [5, 5.41) is 3.68. The molecule has 122 valence electrons. The Labute approximate surface area is 140 Å². The first kappa shape index (κ1) is 17.5. The van der Waals surface area contributed by atoms with Crippen LogP contribution in [0.4, 0.5) is 0 Å². The Bertz CT molecular complexity index is 636.